The molecule has 1 aliphatic rings. The molecule has 20 heavy (non-hydrogen) atoms. The summed E-state index contributed by atoms with van der Waals surface area (Å²) in [5.74, 6) is 0.687. The summed E-state index contributed by atoms with van der Waals surface area (Å²) in [6.45, 7) is 2.19. The Labute approximate surface area is 120 Å². The van der Waals surface area contributed by atoms with Crippen LogP contribution in [-0.2, 0) is 16.1 Å². The number of carbonyl (C=O) groups is 1. The smallest absolute Gasteiger partial charge is 0.239 e. The molecule has 2 aromatic heterocycles. The molecular formula is C13H15N3O3S. The molecule has 7 heteroatoms. The Morgan fingerprint density at radius 1 is 1.60 bits per heavy atom. The fourth-order valence-corrected chi connectivity index (χ4v) is 2.72. The Morgan fingerprint density at radius 2 is 2.55 bits per heavy atom. The van der Waals surface area contributed by atoms with Crippen molar-refractivity contribution in [2.45, 2.75) is 12.6 Å². The van der Waals surface area contributed by atoms with Gasteiger partial charge in [0, 0.05) is 11.9 Å². The van der Waals surface area contributed by atoms with Gasteiger partial charge in [-0.25, -0.2) is 4.98 Å². The van der Waals surface area contributed by atoms with Gasteiger partial charge in [-0.2, -0.15) is 0 Å². The monoisotopic (exact) mass is 293 g/mol. The van der Waals surface area contributed by atoms with Gasteiger partial charge in [0.2, 0.25) is 5.91 Å². The second kappa shape index (κ2) is 6.17. The summed E-state index contributed by atoms with van der Waals surface area (Å²) in [6, 6.07) is 3.42. The van der Waals surface area contributed by atoms with Gasteiger partial charge in [-0.3, -0.25) is 4.79 Å². The van der Waals surface area contributed by atoms with Gasteiger partial charge in [0.1, 0.15) is 6.04 Å². The molecule has 1 aliphatic heterocycles. The van der Waals surface area contributed by atoms with E-state index in [1.54, 1.807) is 6.26 Å². The standard InChI is InChI=1S/C13H15N3O3S/c17-12(10-7-18-5-3-14-10)15-6-9-8-20-13(16-9)11-2-1-4-19-11/h1-2,4,8,10,14H,3,5-7H2,(H,15,17). The lowest BCUT2D eigenvalue weighted by molar-refractivity contribution is -0.126. The molecule has 1 amide bonds. The predicted molar refractivity (Wildman–Crippen MR) is 74.3 cm³/mol. The normalized spacial score (nSPS) is 18.9. The van der Waals surface area contributed by atoms with Crippen LogP contribution in [-0.4, -0.2) is 36.7 Å². The Balaban J connectivity index is 1.54. The minimum Gasteiger partial charge on any atom is -0.462 e. The van der Waals surface area contributed by atoms with Gasteiger partial charge < -0.3 is 19.8 Å². The summed E-state index contributed by atoms with van der Waals surface area (Å²) in [4.78, 5) is 16.3. The zero-order valence-corrected chi connectivity index (χ0v) is 11.6. The fraction of sp³-hybridized carbons (Fsp3) is 0.385. The first kappa shape index (κ1) is 13.3. The largest absolute Gasteiger partial charge is 0.462 e. The summed E-state index contributed by atoms with van der Waals surface area (Å²) in [5, 5.41) is 8.71. The highest BCUT2D eigenvalue weighted by Gasteiger charge is 2.20. The third-order valence-corrected chi connectivity index (χ3v) is 3.87. The van der Waals surface area contributed by atoms with Gasteiger partial charge >= 0.3 is 0 Å². The van der Waals surface area contributed by atoms with E-state index in [2.05, 4.69) is 15.6 Å². The maximum atomic E-state index is 11.9. The van der Waals surface area contributed by atoms with E-state index in [-0.39, 0.29) is 11.9 Å². The maximum Gasteiger partial charge on any atom is 0.239 e. The SMILES string of the molecule is O=C(NCc1csc(-c2ccco2)n1)C1COCCN1. The summed E-state index contributed by atoms with van der Waals surface area (Å²) in [5.41, 5.74) is 0.825. The van der Waals surface area contributed by atoms with Crippen molar-refractivity contribution in [2.75, 3.05) is 19.8 Å². The van der Waals surface area contributed by atoms with Crippen molar-refractivity contribution in [3.63, 3.8) is 0 Å². The fourth-order valence-electron chi connectivity index (χ4n) is 1.94. The number of hydrogen-bond donors (Lipinski definition) is 2. The quantitative estimate of drug-likeness (QED) is 0.880. The molecule has 3 heterocycles. The molecule has 0 radical (unpaired) electrons. The highest BCUT2D eigenvalue weighted by Crippen LogP contribution is 2.23. The summed E-state index contributed by atoms with van der Waals surface area (Å²) < 4.78 is 10.5. The number of ether oxygens (including phenoxy) is 1. The first-order chi connectivity index (χ1) is 9.83. The van der Waals surface area contributed by atoms with Crippen LogP contribution in [0.2, 0.25) is 0 Å². The number of morpholine rings is 1. The molecule has 106 valence electrons. The molecule has 0 spiro atoms. The molecule has 1 unspecified atom stereocenters. The third-order valence-electron chi connectivity index (χ3n) is 2.97. The first-order valence-corrected chi connectivity index (χ1v) is 7.28. The van der Waals surface area contributed by atoms with Gasteiger partial charge in [0.15, 0.2) is 10.8 Å². The van der Waals surface area contributed by atoms with E-state index in [0.717, 1.165) is 16.5 Å². The molecular weight excluding hydrogens is 278 g/mol. The second-order valence-corrected chi connectivity index (χ2v) is 5.28. The van der Waals surface area contributed by atoms with Crippen LogP contribution in [0.4, 0.5) is 0 Å². The van der Waals surface area contributed by atoms with E-state index in [0.29, 0.717) is 26.3 Å². The number of nitrogens with zero attached hydrogens (tertiary/aromatic N) is 1. The van der Waals surface area contributed by atoms with E-state index in [9.17, 15) is 4.79 Å². The molecule has 1 saturated heterocycles. The number of amides is 1. The van der Waals surface area contributed by atoms with Crippen LogP contribution in [0.15, 0.2) is 28.2 Å². The Morgan fingerprint density at radius 3 is 3.30 bits per heavy atom. The topological polar surface area (TPSA) is 76.4 Å². The number of nitrogens with one attached hydrogen (secondary N) is 2. The summed E-state index contributed by atoms with van der Waals surface area (Å²) in [7, 11) is 0. The highest BCUT2D eigenvalue weighted by molar-refractivity contribution is 7.13. The van der Waals surface area contributed by atoms with Crippen LogP contribution in [0.5, 0.6) is 0 Å². The van der Waals surface area contributed by atoms with Gasteiger partial charge in [-0.05, 0) is 12.1 Å². The molecule has 0 aromatic carbocycles. The average molecular weight is 293 g/mol. The zero-order chi connectivity index (χ0) is 13.8. The van der Waals surface area contributed by atoms with Crippen molar-refractivity contribution in [2.24, 2.45) is 0 Å². The van der Waals surface area contributed by atoms with Crippen molar-refractivity contribution in [1.82, 2.24) is 15.6 Å². The van der Waals surface area contributed by atoms with E-state index < -0.39 is 0 Å². The minimum atomic E-state index is -0.271. The van der Waals surface area contributed by atoms with Crippen LogP contribution in [0.3, 0.4) is 0 Å². The number of carbonyl (C=O) groups excluding carboxylic acids is 1. The predicted octanol–water partition coefficient (Wildman–Crippen LogP) is 1.01. The van der Waals surface area contributed by atoms with Crippen LogP contribution in [0.1, 0.15) is 5.69 Å². The Hall–Kier alpha value is -1.70. The summed E-state index contributed by atoms with van der Waals surface area (Å²) in [6.07, 6.45) is 1.62. The van der Waals surface area contributed by atoms with E-state index in [1.165, 1.54) is 11.3 Å². The molecule has 1 atom stereocenters. The molecule has 0 saturated carbocycles. The third kappa shape index (κ3) is 3.06. The van der Waals surface area contributed by atoms with Crippen LogP contribution in [0.25, 0.3) is 10.8 Å². The van der Waals surface area contributed by atoms with Gasteiger partial charge in [-0.15, -0.1) is 11.3 Å². The Kier molecular flexibility index (Phi) is 4.10. The first-order valence-electron chi connectivity index (χ1n) is 6.40. The molecule has 0 bridgehead atoms. The Bertz CT molecular complexity index is 561. The number of furan rings is 1. The molecule has 2 aromatic rings. The molecule has 6 nitrogen and oxygen atoms in total. The van der Waals surface area contributed by atoms with Crippen molar-refractivity contribution in [3.05, 3.63) is 29.5 Å². The van der Waals surface area contributed by atoms with Crippen molar-refractivity contribution < 1.29 is 13.9 Å². The maximum absolute atomic E-state index is 11.9. The van der Waals surface area contributed by atoms with Gasteiger partial charge in [-0.1, -0.05) is 0 Å². The average Bonchev–Trinajstić information content (AvgIpc) is 3.16. The second-order valence-electron chi connectivity index (χ2n) is 4.42. The molecule has 3 rings (SSSR count). The zero-order valence-electron chi connectivity index (χ0n) is 10.8. The van der Waals surface area contributed by atoms with Gasteiger partial charge in [0.05, 0.1) is 31.7 Å². The number of rotatable bonds is 4. The van der Waals surface area contributed by atoms with E-state index >= 15 is 0 Å². The van der Waals surface area contributed by atoms with Crippen molar-refractivity contribution >= 4 is 17.2 Å². The lowest BCUT2D eigenvalue weighted by atomic mass is 10.2. The molecule has 1 fully saturated rings. The highest BCUT2D eigenvalue weighted by atomic mass is 32.1. The van der Waals surface area contributed by atoms with Crippen molar-refractivity contribution in [1.29, 1.82) is 0 Å². The number of hydrogen-bond acceptors (Lipinski definition) is 6. The summed E-state index contributed by atoms with van der Waals surface area (Å²) >= 11 is 1.50. The lowest BCUT2D eigenvalue weighted by Gasteiger charge is -2.22. The van der Waals surface area contributed by atoms with Crippen molar-refractivity contribution in [3.8, 4) is 10.8 Å². The lowest BCUT2D eigenvalue weighted by Crippen LogP contribution is -2.51. The van der Waals surface area contributed by atoms with E-state index in [1.807, 2.05) is 17.5 Å². The van der Waals surface area contributed by atoms with Crippen LogP contribution in [0, 0.1) is 0 Å². The number of thiazole rings is 1. The van der Waals surface area contributed by atoms with Gasteiger partial charge in [0.25, 0.3) is 0 Å². The number of aromatic nitrogens is 1. The minimum absolute atomic E-state index is 0.0581. The molecule has 2 N–H and O–H groups in total. The van der Waals surface area contributed by atoms with Crippen LogP contribution < -0.4 is 10.6 Å². The van der Waals surface area contributed by atoms with Crippen LogP contribution >= 0.6 is 11.3 Å². The molecule has 0 aliphatic carbocycles. The van der Waals surface area contributed by atoms with E-state index in [4.69, 9.17) is 9.15 Å².